The summed E-state index contributed by atoms with van der Waals surface area (Å²) < 4.78 is 0. The molecular weight excluding hydrogens is 378 g/mol. The van der Waals surface area contributed by atoms with Crippen molar-refractivity contribution in [3.05, 3.63) is 58.6 Å². The van der Waals surface area contributed by atoms with Crippen molar-refractivity contribution in [1.82, 2.24) is 15.1 Å². The van der Waals surface area contributed by atoms with Crippen LogP contribution in [-0.2, 0) is 11.2 Å². The molecule has 2 aliphatic heterocycles. The van der Waals surface area contributed by atoms with E-state index in [1.54, 1.807) is 11.8 Å². The largest absolute Gasteiger partial charge is 0.348 e. The Hall–Kier alpha value is -1.53. The third-order valence-electron chi connectivity index (χ3n) is 5.26. The molecule has 2 heterocycles. The second kappa shape index (κ2) is 8.23. The van der Waals surface area contributed by atoms with Gasteiger partial charge in [0.2, 0.25) is 5.91 Å². The highest BCUT2D eigenvalue weighted by atomic mass is 35.5. The van der Waals surface area contributed by atoms with Crippen molar-refractivity contribution in [3.63, 3.8) is 0 Å². The van der Waals surface area contributed by atoms with Crippen molar-refractivity contribution in [3.8, 4) is 0 Å². The molecule has 142 valence electrons. The van der Waals surface area contributed by atoms with E-state index in [1.807, 2.05) is 12.1 Å². The quantitative estimate of drug-likeness (QED) is 0.854. The van der Waals surface area contributed by atoms with Gasteiger partial charge in [0.15, 0.2) is 0 Å². The summed E-state index contributed by atoms with van der Waals surface area (Å²) in [5.74, 6) is 0.0832. The van der Waals surface area contributed by atoms with E-state index in [0.29, 0.717) is 11.6 Å². The van der Waals surface area contributed by atoms with Crippen molar-refractivity contribution in [2.45, 2.75) is 22.3 Å². The van der Waals surface area contributed by atoms with E-state index in [-0.39, 0.29) is 11.9 Å². The van der Waals surface area contributed by atoms with Gasteiger partial charge in [-0.05, 0) is 48.9 Å². The molecule has 1 saturated heterocycles. The van der Waals surface area contributed by atoms with Gasteiger partial charge in [0.05, 0.1) is 12.6 Å². The van der Waals surface area contributed by atoms with Gasteiger partial charge in [-0.2, -0.15) is 0 Å². The Morgan fingerprint density at radius 3 is 2.74 bits per heavy atom. The molecule has 1 atom stereocenters. The molecule has 1 N–H and O–H groups in total. The van der Waals surface area contributed by atoms with Gasteiger partial charge in [-0.1, -0.05) is 41.6 Å². The third-order valence-corrected chi connectivity index (χ3v) is 6.71. The maximum absolute atomic E-state index is 12.8. The van der Waals surface area contributed by atoms with E-state index in [0.717, 1.165) is 43.1 Å². The first-order valence-electron chi connectivity index (χ1n) is 9.34. The van der Waals surface area contributed by atoms with Gasteiger partial charge in [-0.25, -0.2) is 0 Å². The molecule has 0 unspecified atom stereocenters. The first-order valence-corrected chi connectivity index (χ1v) is 10.5. The van der Waals surface area contributed by atoms with Crippen molar-refractivity contribution in [2.75, 3.05) is 39.8 Å². The highest BCUT2D eigenvalue weighted by Crippen LogP contribution is 2.41. The summed E-state index contributed by atoms with van der Waals surface area (Å²) in [5, 5.41) is 3.98. The lowest BCUT2D eigenvalue weighted by atomic mass is 9.99. The van der Waals surface area contributed by atoms with Gasteiger partial charge in [0.25, 0.3) is 0 Å². The van der Waals surface area contributed by atoms with Crippen LogP contribution in [0.4, 0.5) is 0 Å². The standard InChI is InChI=1S/C21H24ClN3OS/c1-24-8-10-25(11-9-24)14-21(26)23-18-12-15-4-2-3-5-19(15)27-20-7-6-16(22)13-17(18)20/h2-7,13,18H,8-12,14H2,1H3,(H,23,26)/t18-/m0/s1. The van der Waals surface area contributed by atoms with E-state index in [1.165, 1.54) is 10.5 Å². The summed E-state index contributed by atoms with van der Waals surface area (Å²) in [7, 11) is 2.12. The number of hydrogen-bond acceptors (Lipinski definition) is 4. The second-order valence-corrected chi connectivity index (χ2v) is 8.82. The van der Waals surface area contributed by atoms with Gasteiger partial charge in [-0.3, -0.25) is 9.69 Å². The number of amides is 1. The molecule has 4 nitrogen and oxygen atoms in total. The Balaban J connectivity index is 1.54. The molecule has 0 saturated carbocycles. The minimum atomic E-state index is -0.0604. The van der Waals surface area contributed by atoms with E-state index in [2.05, 4.69) is 52.5 Å². The van der Waals surface area contributed by atoms with E-state index in [9.17, 15) is 4.79 Å². The Kier molecular flexibility index (Phi) is 5.74. The van der Waals surface area contributed by atoms with E-state index in [4.69, 9.17) is 11.6 Å². The number of fused-ring (bicyclic) bond motifs is 2. The van der Waals surface area contributed by atoms with Crippen LogP contribution in [0.5, 0.6) is 0 Å². The Morgan fingerprint density at radius 1 is 1.15 bits per heavy atom. The number of nitrogens with zero attached hydrogens (tertiary/aromatic N) is 2. The van der Waals surface area contributed by atoms with Crippen LogP contribution in [0.2, 0.25) is 5.02 Å². The zero-order chi connectivity index (χ0) is 18.8. The molecule has 0 spiro atoms. The Morgan fingerprint density at radius 2 is 1.93 bits per heavy atom. The molecule has 0 aromatic heterocycles. The molecule has 2 aromatic carbocycles. The predicted octanol–water partition coefficient (Wildman–Crippen LogP) is 3.45. The summed E-state index contributed by atoms with van der Waals surface area (Å²) in [6.07, 6.45) is 0.783. The number of carbonyl (C=O) groups is 1. The van der Waals surface area contributed by atoms with Gasteiger partial charge in [-0.15, -0.1) is 0 Å². The van der Waals surface area contributed by atoms with Gasteiger partial charge >= 0.3 is 0 Å². The van der Waals surface area contributed by atoms with Crippen molar-refractivity contribution in [1.29, 1.82) is 0 Å². The number of nitrogens with one attached hydrogen (secondary N) is 1. The van der Waals surface area contributed by atoms with E-state index >= 15 is 0 Å². The third kappa shape index (κ3) is 4.49. The summed E-state index contributed by atoms with van der Waals surface area (Å²) in [5.41, 5.74) is 2.37. The van der Waals surface area contributed by atoms with Crippen LogP contribution in [0.1, 0.15) is 17.2 Å². The minimum absolute atomic E-state index is 0.0604. The summed E-state index contributed by atoms with van der Waals surface area (Å²) >= 11 is 8.03. The maximum atomic E-state index is 12.8. The molecule has 1 amide bonds. The lowest BCUT2D eigenvalue weighted by Crippen LogP contribution is -2.48. The molecule has 2 aromatic rings. The Labute approximate surface area is 169 Å². The zero-order valence-corrected chi connectivity index (χ0v) is 17.0. The number of carbonyl (C=O) groups excluding carboxylic acids is 1. The fraction of sp³-hybridized carbons (Fsp3) is 0.381. The normalized spacial score (nSPS) is 20.4. The first kappa shape index (κ1) is 18.8. The summed E-state index contributed by atoms with van der Waals surface area (Å²) in [4.78, 5) is 19.7. The van der Waals surface area contributed by atoms with Crippen molar-refractivity contribution < 1.29 is 4.79 Å². The van der Waals surface area contributed by atoms with Gasteiger partial charge in [0.1, 0.15) is 0 Å². The number of halogens is 1. The number of hydrogen-bond donors (Lipinski definition) is 1. The van der Waals surface area contributed by atoms with Crippen LogP contribution in [0.3, 0.4) is 0 Å². The molecule has 2 aliphatic rings. The van der Waals surface area contributed by atoms with Gasteiger partial charge in [0, 0.05) is 41.0 Å². The smallest absolute Gasteiger partial charge is 0.234 e. The Bertz CT molecular complexity index is 836. The average molecular weight is 402 g/mol. The zero-order valence-electron chi connectivity index (χ0n) is 15.5. The predicted molar refractivity (Wildman–Crippen MR) is 111 cm³/mol. The van der Waals surface area contributed by atoms with Gasteiger partial charge < -0.3 is 10.2 Å². The van der Waals surface area contributed by atoms with Crippen LogP contribution in [-0.4, -0.2) is 55.5 Å². The van der Waals surface area contributed by atoms with Crippen molar-refractivity contribution >= 4 is 29.3 Å². The number of benzene rings is 2. The maximum Gasteiger partial charge on any atom is 0.234 e. The SMILES string of the molecule is CN1CCN(CC(=O)N[C@H]2Cc3ccccc3Sc3ccc(Cl)cc32)CC1. The van der Waals surface area contributed by atoms with Crippen LogP contribution < -0.4 is 5.32 Å². The topological polar surface area (TPSA) is 35.6 Å². The van der Waals surface area contributed by atoms with Crippen LogP contribution in [0, 0.1) is 0 Å². The van der Waals surface area contributed by atoms with Crippen LogP contribution in [0.15, 0.2) is 52.3 Å². The fourth-order valence-electron chi connectivity index (χ4n) is 3.68. The minimum Gasteiger partial charge on any atom is -0.348 e. The number of rotatable bonds is 3. The van der Waals surface area contributed by atoms with E-state index < -0.39 is 0 Å². The lowest BCUT2D eigenvalue weighted by molar-refractivity contribution is -0.123. The number of piperazine rings is 1. The fourth-order valence-corrected chi connectivity index (χ4v) is 4.98. The molecule has 0 radical (unpaired) electrons. The number of likely N-dealkylation sites (N-methyl/N-ethyl adjacent to an activating group) is 1. The molecule has 1 fully saturated rings. The highest BCUT2D eigenvalue weighted by molar-refractivity contribution is 7.99. The monoisotopic (exact) mass is 401 g/mol. The molecule has 0 bridgehead atoms. The first-order chi connectivity index (χ1) is 13.1. The lowest BCUT2D eigenvalue weighted by Gasteiger charge is -2.32. The molecule has 0 aliphatic carbocycles. The van der Waals surface area contributed by atoms with Crippen LogP contribution in [0.25, 0.3) is 0 Å². The van der Waals surface area contributed by atoms with Crippen molar-refractivity contribution in [2.24, 2.45) is 0 Å². The molecule has 4 rings (SSSR count). The molecule has 6 heteroatoms. The second-order valence-electron chi connectivity index (χ2n) is 7.30. The highest BCUT2D eigenvalue weighted by Gasteiger charge is 2.25. The molecule has 27 heavy (non-hydrogen) atoms. The average Bonchev–Trinajstić information content (AvgIpc) is 2.80. The summed E-state index contributed by atoms with van der Waals surface area (Å²) in [6, 6.07) is 14.3. The summed E-state index contributed by atoms with van der Waals surface area (Å²) in [6.45, 7) is 4.36. The molecular formula is C21H24ClN3OS. The van der Waals surface area contributed by atoms with Crippen LogP contribution >= 0.6 is 23.4 Å².